The Morgan fingerprint density at radius 3 is 3.00 bits per heavy atom. The second kappa shape index (κ2) is 2.44. The average molecular weight is 160 g/mol. The Hall–Kier alpha value is -1.64. The molecule has 0 saturated heterocycles. The first kappa shape index (κ1) is 7.03. The maximum absolute atomic E-state index is 11.3. The van der Waals surface area contributed by atoms with Gasteiger partial charge in [0.15, 0.2) is 0 Å². The van der Waals surface area contributed by atoms with Gasteiger partial charge in [-0.15, -0.1) is 0 Å². The monoisotopic (exact) mass is 160 g/mol. The van der Waals surface area contributed by atoms with E-state index >= 15 is 0 Å². The van der Waals surface area contributed by atoms with Crippen LogP contribution in [-0.4, -0.2) is 9.55 Å². The largest absolute Gasteiger partial charge is 0.348 e. The van der Waals surface area contributed by atoms with Gasteiger partial charge in [-0.05, 0) is 12.1 Å². The fourth-order valence-corrected chi connectivity index (χ4v) is 1.21. The molecule has 2 rings (SSSR count). The maximum Gasteiger partial charge on any atom is 0.206 e. The minimum Gasteiger partial charge on any atom is -0.348 e. The van der Waals surface area contributed by atoms with Crippen molar-refractivity contribution in [3.63, 3.8) is 0 Å². The van der Waals surface area contributed by atoms with Crippen LogP contribution in [0.15, 0.2) is 35.4 Å². The van der Waals surface area contributed by atoms with E-state index in [4.69, 9.17) is 0 Å². The number of hydrogen-bond acceptors (Lipinski definition) is 2. The summed E-state index contributed by atoms with van der Waals surface area (Å²) in [6.45, 7) is 0. The van der Waals surface area contributed by atoms with Crippen molar-refractivity contribution in [2.24, 2.45) is 7.05 Å². The Morgan fingerprint density at radius 1 is 1.42 bits per heavy atom. The van der Waals surface area contributed by atoms with Gasteiger partial charge in [0.1, 0.15) is 5.69 Å². The molecule has 0 amide bonds. The van der Waals surface area contributed by atoms with Crippen molar-refractivity contribution in [3.05, 3.63) is 40.8 Å². The molecular formula is C9H8N2O. The first-order valence-corrected chi connectivity index (χ1v) is 3.69. The molecular weight excluding hydrogens is 152 g/mol. The lowest BCUT2D eigenvalue weighted by molar-refractivity contribution is 0.890. The highest BCUT2D eigenvalue weighted by Gasteiger charge is 2.06. The van der Waals surface area contributed by atoms with E-state index in [1.54, 1.807) is 12.3 Å². The molecule has 0 N–H and O–H groups in total. The van der Waals surface area contributed by atoms with Crippen molar-refractivity contribution in [1.29, 1.82) is 0 Å². The number of aromatic nitrogens is 2. The van der Waals surface area contributed by atoms with Crippen molar-refractivity contribution in [2.45, 2.75) is 0 Å². The Morgan fingerprint density at radius 2 is 2.25 bits per heavy atom. The first-order valence-electron chi connectivity index (χ1n) is 3.69. The number of rotatable bonds is 0. The molecule has 0 aromatic rings. The van der Waals surface area contributed by atoms with Crippen LogP contribution in [0.1, 0.15) is 0 Å². The predicted octanol–water partition coefficient (Wildman–Crippen LogP) is 0.885. The standard InChI is InChI=1S/C9H8N2O/c1-11-6-5-10-9-7(11)3-2-4-8(9)12/h2-6H,1H3. The van der Waals surface area contributed by atoms with Gasteiger partial charge >= 0.3 is 0 Å². The third kappa shape index (κ3) is 0.906. The summed E-state index contributed by atoms with van der Waals surface area (Å²) in [5.74, 6) is 0. The number of benzene rings is 1. The van der Waals surface area contributed by atoms with Gasteiger partial charge in [-0.25, -0.2) is 4.98 Å². The summed E-state index contributed by atoms with van der Waals surface area (Å²) in [6, 6.07) is 5.14. The van der Waals surface area contributed by atoms with Crippen molar-refractivity contribution in [2.75, 3.05) is 0 Å². The molecule has 0 atom stereocenters. The summed E-state index contributed by atoms with van der Waals surface area (Å²) in [5, 5.41) is 0. The van der Waals surface area contributed by atoms with Gasteiger partial charge in [0.25, 0.3) is 0 Å². The van der Waals surface area contributed by atoms with E-state index in [0.29, 0.717) is 5.69 Å². The van der Waals surface area contributed by atoms with Gasteiger partial charge in [-0.1, -0.05) is 6.07 Å². The highest BCUT2D eigenvalue weighted by molar-refractivity contribution is 5.55. The van der Waals surface area contributed by atoms with Crippen LogP contribution in [0.2, 0.25) is 0 Å². The van der Waals surface area contributed by atoms with E-state index < -0.39 is 0 Å². The molecule has 0 aromatic carbocycles. The van der Waals surface area contributed by atoms with Crippen LogP contribution in [0.5, 0.6) is 0 Å². The summed E-state index contributed by atoms with van der Waals surface area (Å²) < 4.78 is 1.88. The lowest BCUT2D eigenvalue weighted by Gasteiger charge is -2.07. The molecule has 1 heterocycles. The molecule has 0 fully saturated rings. The molecule has 3 nitrogen and oxygen atoms in total. The highest BCUT2D eigenvalue weighted by atomic mass is 16.1. The third-order valence-electron chi connectivity index (χ3n) is 1.85. The number of hydrogen-bond donors (Lipinski definition) is 0. The van der Waals surface area contributed by atoms with Crippen molar-refractivity contribution in [1.82, 2.24) is 9.55 Å². The normalized spacial score (nSPS) is 10.4. The molecule has 3 heteroatoms. The van der Waals surface area contributed by atoms with E-state index in [1.807, 2.05) is 23.9 Å². The van der Waals surface area contributed by atoms with Crippen LogP contribution < -0.4 is 5.43 Å². The Labute approximate surface area is 69.6 Å². The average Bonchev–Trinajstić information content (AvgIpc) is 2.07. The molecule has 1 aliphatic carbocycles. The molecule has 0 radical (unpaired) electrons. The van der Waals surface area contributed by atoms with E-state index in [2.05, 4.69) is 4.98 Å². The van der Waals surface area contributed by atoms with E-state index in [9.17, 15) is 4.79 Å². The van der Waals surface area contributed by atoms with Crippen molar-refractivity contribution in [3.8, 4) is 11.4 Å². The summed E-state index contributed by atoms with van der Waals surface area (Å²) in [7, 11) is 1.89. The van der Waals surface area contributed by atoms with Crippen LogP contribution in [0, 0.1) is 0 Å². The van der Waals surface area contributed by atoms with Crippen LogP contribution >= 0.6 is 0 Å². The second-order valence-electron chi connectivity index (χ2n) is 2.66. The molecule has 60 valence electrons. The van der Waals surface area contributed by atoms with Gasteiger partial charge in [0.2, 0.25) is 5.43 Å². The summed E-state index contributed by atoms with van der Waals surface area (Å²) >= 11 is 0. The van der Waals surface area contributed by atoms with Crippen molar-refractivity contribution >= 4 is 0 Å². The topological polar surface area (TPSA) is 34.9 Å². The predicted molar refractivity (Wildman–Crippen MR) is 46.1 cm³/mol. The molecule has 2 aliphatic rings. The van der Waals surface area contributed by atoms with Gasteiger partial charge in [-0.2, -0.15) is 0 Å². The number of fused-ring (bicyclic) bond motifs is 1. The molecule has 0 aromatic heterocycles. The molecule has 0 bridgehead atoms. The zero-order chi connectivity index (χ0) is 8.55. The van der Waals surface area contributed by atoms with Crippen LogP contribution in [-0.2, 0) is 7.05 Å². The van der Waals surface area contributed by atoms with E-state index in [1.165, 1.54) is 6.07 Å². The van der Waals surface area contributed by atoms with Gasteiger partial charge in [0, 0.05) is 19.4 Å². The molecule has 0 spiro atoms. The third-order valence-corrected chi connectivity index (χ3v) is 1.85. The minimum atomic E-state index is -0.0244. The lowest BCUT2D eigenvalue weighted by Crippen LogP contribution is -2.10. The molecule has 1 aliphatic heterocycles. The fourth-order valence-electron chi connectivity index (χ4n) is 1.21. The van der Waals surface area contributed by atoms with E-state index in [0.717, 1.165) is 5.69 Å². The molecule has 0 saturated carbocycles. The SMILES string of the molecule is Cn1ccnc2c(=O)cccc1-2. The Kier molecular flexibility index (Phi) is 1.43. The van der Waals surface area contributed by atoms with Crippen LogP contribution in [0.3, 0.4) is 0 Å². The number of aryl methyl sites for hydroxylation is 1. The lowest BCUT2D eigenvalue weighted by atomic mass is 10.2. The molecule has 0 unspecified atom stereocenters. The summed E-state index contributed by atoms with van der Waals surface area (Å²) in [6.07, 6.45) is 3.45. The zero-order valence-corrected chi connectivity index (χ0v) is 6.69. The molecule has 12 heavy (non-hydrogen) atoms. The number of para-hydroxylation sites is 1. The summed E-state index contributed by atoms with van der Waals surface area (Å²) in [5.41, 5.74) is 1.37. The van der Waals surface area contributed by atoms with Gasteiger partial charge in [0.05, 0.1) is 5.69 Å². The smallest absolute Gasteiger partial charge is 0.206 e. The van der Waals surface area contributed by atoms with Crippen LogP contribution in [0.25, 0.3) is 11.4 Å². The quantitative estimate of drug-likeness (QED) is 0.573. The maximum atomic E-state index is 11.3. The first-order chi connectivity index (χ1) is 5.79. The van der Waals surface area contributed by atoms with Gasteiger partial charge in [-0.3, -0.25) is 4.79 Å². The van der Waals surface area contributed by atoms with Crippen LogP contribution in [0.4, 0.5) is 0 Å². The Balaban J connectivity index is 2.91. The second-order valence-corrected chi connectivity index (χ2v) is 2.66. The minimum absolute atomic E-state index is 0.0244. The van der Waals surface area contributed by atoms with Gasteiger partial charge < -0.3 is 4.57 Å². The summed E-state index contributed by atoms with van der Waals surface area (Å²) in [4.78, 5) is 15.3. The highest BCUT2D eigenvalue weighted by Crippen LogP contribution is 2.11. The fraction of sp³-hybridized carbons (Fsp3) is 0.111. The zero-order valence-electron chi connectivity index (χ0n) is 6.69. The Bertz CT molecular complexity index is 433. The van der Waals surface area contributed by atoms with Crippen molar-refractivity contribution < 1.29 is 0 Å². The number of nitrogens with zero attached hydrogens (tertiary/aromatic N) is 2. The van der Waals surface area contributed by atoms with E-state index in [-0.39, 0.29) is 5.43 Å².